The van der Waals surface area contributed by atoms with Gasteiger partial charge in [0.15, 0.2) is 11.9 Å². The molecular weight excluding hydrogens is 580 g/mol. The maximum atomic E-state index is 14.6. The molecule has 1 aromatic heterocycles. The number of rotatable bonds is 6. The highest BCUT2D eigenvalue weighted by Gasteiger charge is 2.40. The van der Waals surface area contributed by atoms with Gasteiger partial charge in [-0.2, -0.15) is 18.2 Å². The largest absolute Gasteiger partial charge is 0.507 e. The van der Waals surface area contributed by atoms with Gasteiger partial charge >= 0.3 is 5.97 Å². The number of nitrogens with zero attached hydrogens (tertiary/aromatic N) is 1. The third-order valence-electron chi connectivity index (χ3n) is 6.96. The molecule has 43 heavy (non-hydrogen) atoms. The first-order chi connectivity index (χ1) is 20.1. The molecule has 5 N–H and O–H groups in total. The normalized spacial score (nSPS) is 25.2. The van der Waals surface area contributed by atoms with Crippen molar-refractivity contribution in [2.75, 3.05) is 0 Å². The summed E-state index contributed by atoms with van der Waals surface area (Å²) >= 11 is 0. The summed E-state index contributed by atoms with van der Waals surface area (Å²) in [6.07, 6.45) is -4.31. The predicted molar refractivity (Wildman–Crippen MR) is 141 cm³/mol. The van der Waals surface area contributed by atoms with Gasteiger partial charge in [-0.3, -0.25) is 19.2 Å². The Kier molecular flexibility index (Phi) is 10.7. The van der Waals surface area contributed by atoms with Crippen molar-refractivity contribution in [3.63, 3.8) is 0 Å². The van der Waals surface area contributed by atoms with Crippen LogP contribution in [0.15, 0.2) is 24.3 Å². The van der Waals surface area contributed by atoms with E-state index < -0.39 is 101 Å². The van der Waals surface area contributed by atoms with Gasteiger partial charge in [0.1, 0.15) is 11.8 Å². The minimum Gasteiger partial charge on any atom is -0.507 e. The molecule has 0 saturated carbocycles. The van der Waals surface area contributed by atoms with E-state index in [2.05, 4.69) is 20.9 Å². The molecule has 1 aliphatic heterocycles. The van der Waals surface area contributed by atoms with Crippen molar-refractivity contribution in [2.24, 2.45) is 11.8 Å². The molecule has 1 fully saturated rings. The molecule has 1 saturated heterocycles. The van der Waals surface area contributed by atoms with Crippen molar-refractivity contribution >= 4 is 23.7 Å². The van der Waals surface area contributed by atoms with Gasteiger partial charge in [0.2, 0.25) is 17.7 Å². The summed E-state index contributed by atoms with van der Waals surface area (Å²) in [4.78, 5) is 55.3. The number of ether oxygens (including phenoxy) is 1. The van der Waals surface area contributed by atoms with Crippen molar-refractivity contribution in [1.29, 1.82) is 0 Å². The van der Waals surface area contributed by atoms with E-state index >= 15 is 0 Å². The lowest BCUT2D eigenvalue weighted by atomic mass is 9.92. The number of hydrogen-bond acceptors (Lipinski definition) is 8. The maximum Gasteiger partial charge on any atom is 0.312 e. The molecule has 0 spiro atoms. The Hall–Kier alpha value is -4.27. The molecule has 11 nitrogen and oxygen atoms in total. The van der Waals surface area contributed by atoms with Gasteiger partial charge in [0, 0.05) is 12.0 Å². The zero-order valence-corrected chi connectivity index (χ0v) is 23.7. The number of halogens is 4. The zero-order chi connectivity index (χ0) is 32.2. The number of cyclic esters (lactones) is 1. The van der Waals surface area contributed by atoms with Crippen LogP contribution < -0.4 is 16.0 Å². The number of aliphatic hydroxyl groups excluding tert-OH is 1. The van der Waals surface area contributed by atoms with Gasteiger partial charge < -0.3 is 30.9 Å². The summed E-state index contributed by atoms with van der Waals surface area (Å²) < 4.78 is 61.8. The van der Waals surface area contributed by atoms with Gasteiger partial charge in [-0.1, -0.05) is 26.0 Å². The maximum absolute atomic E-state index is 14.6. The smallest absolute Gasteiger partial charge is 0.312 e. The Morgan fingerprint density at radius 1 is 1.02 bits per heavy atom. The molecule has 0 bridgehead atoms. The summed E-state index contributed by atoms with van der Waals surface area (Å²) in [7, 11) is 0. The lowest BCUT2D eigenvalue weighted by molar-refractivity contribution is -0.165. The lowest BCUT2D eigenvalue weighted by Crippen LogP contribution is -2.62. The number of aromatic nitrogens is 1. The third kappa shape index (κ3) is 7.77. The topological polar surface area (TPSA) is 167 Å². The molecule has 0 aliphatic carbocycles. The van der Waals surface area contributed by atoms with E-state index in [-0.39, 0.29) is 17.9 Å². The summed E-state index contributed by atoms with van der Waals surface area (Å²) in [6, 6.07) is 0.775. The highest BCUT2D eigenvalue weighted by Crippen LogP contribution is 2.23. The average Bonchev–Trinajstić information content (AvgIpc) is 2.94. The number of benzene rings is 1. The number of nitrogens with one attached hydrogen (secondary N) is 3. The highest BCUT2D eigenvalue weighted by atomic mass is 19.2. The van der Waals surface area contributed by atoms with E-state index in [0.29, 0.717) is 0 Å². The number of aromatic hydroxyl groups is 1. The van der Waals surface area contributed by atoms with Crippen LogP contribution in [0.5, 0.6) is 5.75 Å². The number of esters is 1. The van der Waals surface area contributed by atoms with E-state index in [9.17, 15) is 47.0 Å². The van der Waals surface area contributed by atoms with Crippen LogP contribution in [-0.4, -0.2) is 69.2 Å². The van der Waals surface area contributed by atoms with Crippen molar-refractivity contribution in [1.82, 2.24) is 20.9 Å². The first kappa shape index (κ1) is 33.2. The van der Waals surface area contributed by atoms with E-state index in [0.717, 1.165) is 0 Å². The van der Waals surface area contributed by atoms with E-state index in [4.69, 9.17) is 4.74 Å². The second-order valence-corrected chi connectivity index (χ2v) is 10.7. The number of hydrogen-bond donors (Lipinski definition) is 5. The third-order valence-corrected chi connectivity index (χ3v) is 6.96. The molecule has 2 aromatic rings. The fourth-order valence-corrected chi connectivity index (χ4v) is 4.51. The van der Waals surface area contributed by atoms with Crippen LogP contribution in [0.2, 0.25) is 0 Å². The van der Waals surface area contributed by atoms with Gasteiger partial charge in [0.25, 0.3) is 17.8 Å². The second kappa shape index (κ2) is 13.8. The van der Waals surface area contributed by atoms with Gasteiger partial charge in [-0.05, 0) is 38.3 Å². The molecule has 3 rings (SSSR count). The van der Waals surface area contributed by atoms with Gasteiger partial charge in [-0.15, -0.1) is 0 Å². The van der Waals surface area contributed by atoms with Crippen LogP contribution in [0.25, 0.3) is 0 Å². The number of phenols is 1. The lowest BCUT2D eigenvalue weighted by Gasteiger charge is -2.33. The average molecular weight is 613 g/mol. The minimum absolute atomic E-state index is 0.0363. The molecular formula is C28H32F4N4O7. The first-order valence-electron chi connectivity index (χ1n) is 13.4. The first-order valence-corrected chi connectivity index (χ1v) is 13.4. The van der Waals surface area contributed by atoms with Crippen LogP contribution in [-0.2, 0) is 25.5 Å². The molecule has 6 atom stereocenters. The summed E-state index contributed by atoms with van der Waals surface area (Å²) in [6.45, 7) is 5.99. The molecule has 1 aromatic carbocycles. The van der Waals surface area contributed by atoms with Crippen LogP contribution in [0.1, 0.15) is 50.0 Å². The second-order valence-electron chi connectivity index (χ2n) is 10.7. The Balaban J connectivity index is 2.07. The quantitative estimate of drug-likeness (QED) is 0.187. The highest BCUT2D eigenvalue weighted by molar-refractivity contribution is 6.00. The Morgan fingerprint density at radius 2 is 1.67 bits per heavy atom. The van der Waals surface area contributed by atoms with Crippen molar-refractivity contribution < 1.29 is 51.7 Å². The van der Waals surface area contributed by atoms with E-state index in [1.807, 2.05) is 0 Å². The van der Waals surface area contributed by atoms with Gasteiger partial charge in [-0.25, -0.2) is 4.39 Å². The number of pyridine rings is 1. The Labute approximate surface area is 244 Å². The Morgan fingerprint density at radius 3 is 2.30 bits per heavy atom. The molecule has 1 aliphatic rings. The fraction of sp³-hybridized carbons (Fsp3) is 0.464. The Bertz CT molecular complexity index is 1390. The van der Waals surface area contributed by atoms with Crippen LogP contribution in [0.4, 0.5) is 17.6 Å². The molecule has 234 valence electrons. The standard InChI is InChI=1S/C28H32F4N4O7/c1-11(2)9-18-26(40)33-13(4)21(35-25(39)14-7-5-6-8-17(14)37)27(41)34-16(22(38)12(3)28(42)43-18)10-15-19(29)20(30)24(32)36-23(15)31/h5-8,11-13,16,18,21-22,37-38H,9-10H2,1-4H3,(H,33,40)(H,34,41)(H,35,39)/t12-,13-,16+,18?,21+,22+/m1/s1. The summed E-state index contributed by atoms with van der Waals surface area (Å²) in [5.74, 6) is -13.9. The molecule has 2 heterocycles. The van der Waals surface area contributed by atoms with Crippen molar-refractivity contribution in [3.05, 3.63) is 58.9 Å². The predicted octanol–water partition coefficient (Wildman–Crippen LogP) is 1.64. The van der Waals surface area contributed by atoms with Crippen LogP contribution in [0.3, 0.4) is 0 Å². The van der Waals surface area contributed by atoms with Crippen molar-refractivity contribution in [2.45, 2.75) is 70.9 Å². The fourth-order valence-electron chi connectivity index (χ4n) is 4.51. The molecule has 15 heteroatoms. The number of carbonyl (C=O) groups excluding carboxylic acids is 4. The minimum atomic E-state index is -2.10. The summed E-state index contributed by atoms with van der Waals surface area (Å²) in [5.41, 5.74) is -1.36. The zero-order valence-electron chi connectivity index (χ0n) is 23.7. The molecule has 1 unspecified atom stereocenters. The van der Waals surface area contributed by atoms with Crippen molar-refractivity contribution in [3.8, 4) is 5.75 Å². The number of carbonyl (C=O) groups is 4. The van der Waals surface area contributed by atoms with E-state index in [1.54, 1.807) is 13.8 Å². The summed E-state index contributed by atoms with van der Waals surface area (Å²) in [5, 5.41) is 28.4. The monoisotopic (exact) mass is 612 g/mol. The number of amides is 3. The number of phenolic OH excluding ortho intramolecular Hbond substituents is 1. The number of aliphatic hydroxyl groups is 1. The SMILES string of the molecule is CC(C)CC1OC(=O)[C@H](C)[C@H](O)[C@H](Cc2c(F)nc(F)c(F)c2F)NC(=O)[C@@H](NC(=O)c2ccccc2O)[C@@H](C)NC1=O. The molecule has 0 radical (unpaired) electrons. The van der Waals surface area contributed by atoms with Crippen LogP contribution >= 0.6 is 0 Å². The number of para-hydroxylation sites is 1. The molecule has 3 amide bonds. The van der Waals surface area contributed by atoms with Crippen LogP contribution in [0, 0.1) is 35.4 Å². The van der Waals surface area contributed by atoms with Gasteiger partial charge in [0.05, 0.1) is 29.7 Å². The van der Waals surface area contributed by atoms with E-state index in [1.165, 1.54) is 38.1 Å².